The molecule has 1 aromatic rings. The molecule has 0 saturated carbocycles. The minimum atomic E-state index is -4.43. The van der Waals surface area contributed by atoms with E-state index in [2.05, 4.69) is 23.7 Å². The molecule has 0 aliphatic carbocycles. The first kappa shape index (κ1) is 22.2. The Hall–Kier alpha value is -2.05. The summed E-state index contributed by atoms with van der Waals surface area (Å²) in [5.41, 5.74) is -0.807. The number of allylic oxidation sites excluding steroid dienone is 1. The highest BCUT2D eigenvalue weighted by molar-refractivity contribution is 7.92. The largest absolute Gasteiger partial charge is 0.417 e. The molecular weight excluding hydrogens is 391 g/mol. The van der Waals surface area contributed by atoms with Crippen molar-refractivity contribution in [3.63, 3.8) is 0 Å². The predicted molar refractivity (Wildman–Crippen MR) is 103 cm³/mol. The van der Waals surface area contributed by atoms with Crippen LogP contribution in [0.5, 0.6) is 0 Å². The number of pyridine rings is 1. The van der Waals surface area contributed by atoms with Gasteiger partial charge in [0.25, 0.3) is 0 Å². The monoisotopic (exact) mass is 415 g/mol. The van der Waals surface area contributed by atoms with E-state index in [-0.39, 0.29) is 13.1 Å². The highest BCUT2D eigenvalue weighted by Gasteiger charge is 2.31. The molecule has 1 saturated heterocycles. The Morgan fingerprint density at radius 3 is 2.46 bits per heavy atom. The molecule has 0 aromatic carbocycles. The number of rotatable bonds is 6. The molecule has 2 rings (SSSR count). The molecule has 2 heterocycles. The van der Waals surface area contributed by atoms with E-state index < -0.39 is 21.8 Å². The van der Waals surface area contributed by atoms with E-state index in [1.165, 1.54) is 16.4 Å². The average Bonchev–Trinajstić information content (AvgIpc) is 2.67. The average molecular weight is 415 g/mol. The van der Waals surface area contributed by atoms with E-state index >= 15 is 0 Å². The molecule has 0 bridgehead atoms. The Labute approximate surface area is 164 Å². The number of nitrogens with zero attached hydrogens (tertiary/aromatic N) is 3. The van der Waals surface area contributed by atoms with Crippen LogP contribution >= 0.6 is 0 Å². The zero-order valence-corrected chi connectivity index (χ0v) is 16.6. The fourth-order valence-corrected chi connectivity index (χ4v) is 3.80. The summed E-state index contributed by atoms with van der Waals surface area (Å²) in [6.07, 6.45) is 1.69. The topological polar surface area (TPSA) is 53.5 Å². The van der Waals surface area contributed by atoms with Crippen LogP contribution in [0.2, 0.25) is 0 Å². The van der Waals surface area contributed by atoms with Gasteiger partial charge in [0.05, 0.1) is 11.0 Å². The van der Waals surface area contributed by atoms with Gasteiger partial charge in [0.15, 0.2) is 0 Å². The molecule has 0 amide bonds. The minimum Gasteiger partial charge on any atom is -0.354 e. The fourth-order valence-electron chi connectivity index (χ4n) is 2.71. The Morgan fingerprint density at radius 2 is 1.89 bits per heavy atom. The van der Waals surface area contributed by atoms with Gasteiger partial charge >= 0.3 is 6.18 Å². The van der Waals surface area contributed by atoms with Crippen molar-refractivity contribution in [2.45, 2.75) is 38.8 Å². The first-order valence-electron chi connectivity index (χ1n) is 9.17. The van der Waals surface area contributed by atoms with Gasteiger partial charge in [-0.25, -0.2) is 13.4 Å². The summed E-state index contributed by atoms with van der Waals surface area (Å²) in [5.74, 6) is 6.07. The van der Waals surface area contributed by atoms with Crippen molar-refractivity contribution in [3.8, 4) is 11.8 Å². The lowest BCUT2D eigenvalue weighted by Gasteiger charge is -2.34. The SMILES string of the molecule is CCCCCC#CC=CS(=O)(=O)N1CCN(c2ccc(C(F)(F)F)cn2)CC1. The zero-order chi connectivity index (χ0) is 20.6. The second-order valence-corrected chi connectivity index (χ2v) is 8.23. The second kappa shape index (κ2) is 9.94. The maximum absolute atomic E-state index is 12.6. The van der Waals surface area contributed by atoms with Gasteiger partial charge in [-0.1, -0.05) is 31.6 Å². The van der Waals surface area contributed by atoms with Crippen molar-refractivity contribution in [1.29, 1.82) is 0 Å². The van der Waals surface area contributed by atoms with E-state index in [4.69, 9.17) is 0 Å². The molecule has 154 valence electrons. The van der Waals surface area contributed by atoms with Crippen LogP contribution in [0.4, 0.5) is 19.0 Å². The maximum atomic E-state index is 12.6. The van der Waals surface area contributed by atoms with E-state index in [0.29, 0.717) is 18.9 Å². The molecule has 1 fully saturated rings. The smallest absolute Gasteiger partial charge is 0.354 e. The Kier molecular flexibility index (Phi) is 7.89. The quantitative estimate of drug-likeness (QED) is 0.526. The van der Waals surface area contributed by atoms with Gasteiger partial charge in [0.1, 0.15) is 5.82 Å². The van der Waals surface area contributed by atoms with Crippen molar-refractivity contribution >= 4 is 15.8 Å². The fraction of sp³-hybridized carbons (Fsp3) is 0.526. The molecule has 0 N–H and O–H groups in total. The molecule has 9 heteroatoms. The number of anilines is 1. The third-order valence-corrected chi connectivity index (χ3v) is 5.89. The number of unbranched alkanes of at least 4 members (excludes halogenated alkanes) is 3. The van der Waals surface area contributed by atoms with Crippen molar-refractivity contribution in [3.05, 3.63) is 35.4 Å². The van der Waals surface area contributed by atoms with Crippen molar-refractivity contribution in [2.75, 3.05) is 31.1 Å². The van der Waals surface area contributed by atoms with Crippen LogP contribution in [0, 0.1) is 11.8 Å². The number of halogens is 3. The number of hydrogen-bond acceptors (Lipinski definition) is 4. The van der Waals surface area contributed by atoms with Crippen LogP contribution in [-0.2, 0) is 16.2 Å². The van der Waals surface area contributed by atoms with Gasteiger partial charge in [-0.15, -0.1) is 0 Å². The van der Waals surface area contributed by atoms with Gasteiger partial charge < -0.3 is 4.90 Å². The van der Waals surface area contributed by atoms with Crippen molar-refractivity contribution in [1.82, 2.24) is 9.29 Å². The predicted octanol–water partition coefficient (Wildman–Crippen LogP) is 3.65. The van der Waals surface area contributed by atoms with Gasteiger partial charge in [-0.3, -0.25) is 0 Å². The Morgan fingerprint density at radius 1 is 1.18 bits per heavy atom. The van der Waals surface area contributed by atoms with Crippen LogP contribution in [0.15, 0.2) is 29.8 Å². The Bertz CT molecular complexity index is 817. The summed E-state index contributed by atoms with van der Waals surface area (Å²) in [4.78, 5) is 5.62. The lowest BCUT2D eigenvalue weighted by Crippen LogP contribution is -2.48. The van der Waals surface area contributed by atoms with Gasteiger partial charge in [-0.05, 0) is 18.6 Å². The van der Waals surface area contributed by atoms with Gasteiger partial charge in [0, 0.05) is 44.9 Å². The van der Waals surface area contributed by atoms with E-state index in [1.54, 1.807) is 4.90 Å². The maximum Gasteiger partial charge on any atom is 0.417 e. The first-order valence-corrected chi connectivity index (χ1v) is 10.7. The van der Waals surface area contributed by atoms with Crippen LogP contribution in [0.3, 0.4) is 0 Å². The summed E-state index contributed by atoms with van der Waals surface area (Å²) in [5, 5.41) is 1.10. The van der Waals surface area contributed by atoms with E-state index in [1.807, 2.05) is 0 Å². The summed E-state index contributed by atoms with van der Waals surface area (Å²) in [6.45, 7) is 3.29. The normalized spacial score (nSPS) is 16.2. The lowest BCUT2D eigenvalue weighted by molar-refractivity contribution is -0.137. The summed E-state index contributed by atoms with van der Waals surface area (Å²) < 4.78 is 63.8. The third kappa shape index (κ3) is 6.53. The molecule has 0 atom stereocenters. The molecule has 0 spiro atoms. The highest BCUT2D eigenvalue weighted by Crippen LogP contribution is 2.29. The standard InChI is InChI=1S/C19H24F3N3O2S/c1-2-3-4-5-6-7-8-15-28(26,27)25-13-11-24(12-14-25)18-10-9-17(16-23-18)19(20,21)22/h8-10,15-16H,2-5,11-14H2,1H3. The van der Waals surface area contributed by atoms with Crippen molar-refractivity contribution in [2.24, 2.45) is 0 Å². The number of sulfonamides is 1. The molecule has 5 nitrogen and oxygen atoms in total. The number of piperazine rings is 1. The van der Waals surface area contributed by atoms with Gasteiger partial charge in [0.2, 0.25) is 10.0 Å². The summed E-state index contributed by atoms with van der Waals surface area (Å²) in [7, 11) is -3.56. The van der Waals surface area contributed by atoms with Crippen LogP contribution < -0.4 is 4.90 Å². The molecule has 1 aliphatic rings. The second-order valence-electron chi connectivity index (χ2n) is 6.41. The van der Waals surface area contributed by atoms with Crippen LogP contribution in [0.25, 0.3) is 0 Å². The zero-order valence-electron chi connectivity index (χ0n) is 15.7. The van der Waals surface area contributed by atoms with Crippen LogP contribution in [-0.4, -0.2) is 43.9 Å². The molecule has 0 unspecified atom stereocenters. The third-order valence-electron chi connectivity index (χ3n) is 4.33. The molecular formula is C19H24F3N3O2S. The highest BCUT2D eigenvalue weighted by atomic mass is 32.2. The summed E-state index contributed by atoms with van der Waals surface area (Å²) in [6, 6.07) is 2.29. The molecule has 28 heavy (non-hydrogen) atoms. The number of alkyl halides is 3. The molecule has 0 radical (unpaired) electrons. The first-order chi connectivity index (χ1) is 13.2. The van der Waals surface area contributed by atoms with E-state index in [0.717, 1.165) is 43.4 Å². The van der Waals surface area contributed by atoms with Crippen LogP contribution in [0.1, 0.15) is 38.2 Å². The minimum absolute atomic E-state index is 0.235. The van der Waals surface area contributed by atoms with Crippen molar-refractivity contribution < 1.29 is 21.6 Å². The molecule has 1 aromatic heterocycles. The number of aromatic nitrogens is 1. The molecule has 1 aliphatic heterocycles. The Balaban J connectivity index is 1.88. The summed E-state index contributed by atoms with van der Waals surface area (Å²) >= 11 is 0. The lowest BCUT2D eigenvalue weighted by atomic mass is 10.2. The van der Waals surface area contributed by atoms with Gasteiger partial charge in [-0.2, -0.15) is 17.5 Å². The number of hydrogen-bond donors (Lipinski definition) is 0. The van der Waals surface area contributed by atoms with E-state index in [9.17, 15) is 21.6 Å².